The van der Waals surface area contributed by atoms with Gasteiger partial charge in [-0.25, -0.2) is 0 Å². The molecular formula is C25H34N2O2. The molecule has 3 N–H and O–H groups in total. The van der Waals surface area contributed by atoms with Crippen LogP contribution in [0.4, 0.5) is 0 Å². The SMILES string of the molecule is Cc1ccc2c(c1O)C[C@@H](C1CCN(CC(C)c3ccccc3)CC1)O[C@H]2CN. The molecule has 0 saturated carbocycles. The van der Waals surface area contributed by atoms with Gasteiger partial charge in [-0.1, -0.05) is 49.4 Å². The predicted octanol–water partition coefficient (Wildman–Crippen LogP) is 4.16. The van der Waals surface area contributed by atoms with Crippen LogP contribution >= 0.6 is 0 Å². The zero-order chi connectivity index (χ0) is 20.4. The van der Waals surface area contributed by atoms with Crippen molar-refractivity contribution in [1.29, 1.82) is 0 Å². The van der Waals surface area contributed by atoms with Gasteiger partial charge in [0.1, 0.15) is 5.75 Å². The predicted molar refractivity (Wildman–Crippen MR) is 117 cm³/mol. The lowest BCUT2D eigenvalue weighted by Gasteiger charge is -2.41. The summed E-state index contributed by atoms with van der Waals surface area (Å²) in [5.41, 5.74) is 10.5. The van der Waals surface area contributed by atoms with E-state index in [1.165, 1.54) is 5.56 Å². The van der Waals surface area contributed by atoms with E-state index in [4.69, 9.17) is 10.5 Å². The standard InChI is InChI=1S/C25H34N2O2/c1-17-8-9-21-22(25(17)28)14-23(29-24(21)15-26)20-10-12-27(13-11-20)16-18(2)19-6-4-3-5-7-19/h3-9,18,20,23-24,28H,10-16,26H2,1-2H3/t18?,23-,24-/m0/s1. The minimum Gasteiger partial charge on any atom is -0.507 e. The number of fused-ring (bicyclic) bond motifs is 1. The van der Waals surface area contributed by atoms with Gasteiger partial charge in [-0.3, -0.25) is 0 Å². The highest BCUT2D eigenvalue weighted by Crippen LogP contribution is 2.40. The van der Waals surface area contributed by atoms with Crippen molar-refractivity contribution in [2.75, 3.05) is 26.2 Å². The first-order chi connectivity index (χ1) is 14.1. The van der Waals surface area contributed by atoms with E-state index in [1.807, 2.05) is 13.0 Å². The van der Waals surface area contributed by atoms with Crippen molar-refractivity contribution in [2.24, 2.45) is 11.7 Å². The first kappa shape index (κ1) is 20.4. The molecule has 0 aromatic heterocycles. The number of phenols is 1. The largest absolute Gasteiger partial charge is 0.507 e. The number of hydrogen-bond acceptors (Lipinski definition) is 4. The van der Waals surface area contributed by atoms with Gasteiger partial charge < -0.3 is 20.5 Å². The number of aromatic hydroxyl groups is 1. The summed E-state index contributed by atoms with van der Waals surface area (Å²) >= 11 is 0. The molecule has 4 heteroatoms. The number of ether oxygens (including phenoxy) is 1. The van der Waals surface area contributed by atoms with Gasteiger partial charge in [0, 0.05) is 25.1 Å². The van der Waals surface area contributed by atoms with Crippen molar-refractivity contribution in [3.05, 3.63) is 64.7 Å². The summed E-state index contributed by atoms with van der Waals surface area (Å²) < 4.78 is 6.43. The minimum absolute atomic E-state index is 0.105. The molecule has 29 heavy (non-hydrogen) atoms. The molecule has 0 amide bonds. The number of benzene rings is 2. The Morgan fingerprint density at radius 3 is 2.55 bits per heavy atom. The average molecular weight is 395 g/mol. The Morgan fingerprint density at radius 2 is 1.86 bits per heavy atom. The van der Waals surface area contributed by atoms with Gasteiger partial charge in [0.05, 0.1) is 12.2 Å². The fourth-order valence-corrected chi connectivity index (χ4v) is 5.06. The fourth-order valence-electron chi connectivity index (χ4n) is 5.06. The Bertz CT molecular complexity index is 815. The molecule has 1 unspecified atom stereocenters. The molecule has 2 aromatic rings. The summed E-state index contributed by atoms with van der Waals surface area (Å²) in [6.45, 7) is 8.07. The lowest BCUT2D eigenvalue weighted by molar-refractivity contribution is -0.0648. The van der Waals surface area contributed by atoms with Gasteiger partial charge in [-0.15, -0.1) is 0 Å². The van der Waals surface area contributed by atoms with Gasteiger partial charge in [-0.2, -0.15) is 0 Å². The zero-order valence-corrected chi connectivity index (χ0v) is 17.7. The van der Waals surface area contributed by atoms with Crippen molar-refractivity contribution in [2.45, 2.75) is 51.2 Å². The van der Waals surface area contributed by atoms with Crippen LogP contribution in [0.5, 0.6) is 5.75 Å². The zero-order valence-electron chi connectivity index (χ0n) is 17.7. The first-order valence-corrected chi connectivity index (χ1v) is 11.0. The van der Waals surface area contributed by atoms with E-state index in [0.717, 1.165) is 55.6 Å². The van der Waals surface area contributed by atoms with Gasteiger partial charge in [0.15, 0.2) is 0 Å². The maximum absolute atomic E-state index is 10.6. The summed E-state index contributed by atoms with van der Waals surface area (Å²) in [5.74, 6) is 1.51. The van der Waals surface area contributed by atoms with Crippen molar-refractivity contribution in [1.82, 2.24) is 4.90 Å². The third-order valence-electron chi connectivity index (χ3n) is 6.88. The van der Waals surface area contributed by atoms with E-state index >= 15 is 0 Å². The van der Waals surface area contributed by atoms with Crippen molar-refractivity contribution in [3.8, 4) is 5.75 Å². The lowest BCUT2D eigenvalue weighted by atomic mass is 9.82. The molecule has 156 valence electrons. The Labute approximate surface area is 174 Å². The van der Waals surface area contributed by atoms with Crippen LogP contribution in [0.3, 0.4) is 0 Å². The van der Waals surface area contributed by atoms with E-state index < -0.39 is 0 Å². The highest BCUT2D eigenvalue weighted by atomic mass is 16.5. The Hall–Kier alpha value is -1.88. The van der Waals surface area contributed by atoms with Crippen LogP contribution < -0.4 is 5.73 Å². The second-order valence-electron chi connectivity index (χ2n) is 8.85. The van der Waals surface area contributed by atoms with E-state index in [0.29, 0.717) is 24.1 Å². The van der Waals surface area contributed by atoms with Crippen LogP contribution in [-0.2, 0) is 11.2 Å². The van der Waals surface area contributed by atoms with Crippen LogP contribution in [-0.4, -0.2) is 42.3 Å². The smallest absolute Gasteiger partial charge is 0.122 e. The molecule has 0 bridgehead atoms. The molecule has 4 rings (SSSR count). The molecule has 1 saturated heterocycles. The highest BCUT2D eigenvalue weighted by molar-refractivity contribution is 5.47. The van der Waals surface area contributed by atoms with Crippen molar-refractivity contribution in [3.63, 3.8) is 0 Å². The summed E-state index contributed by atoms with van der Waals surface area (Å²) in [7, 11) is 0. The number of phenolic OH excluding ortho intramolecular Hbond substituents is 1. The van der Waals surface area contributed by atoms with Gasteiger partial charge in [0.2, 0.25) is 0 Å². The molecule has 1 fully saturated rings. The summed E-state index contributed by atoms with van der Waals surface area (Å²) in [5, 5.41) is 10.6. The molecule has 2 aromatic carbocycles. The highest BCUT2D eigenvalue weighted by Gasteiger charge is 2.35. The van der Waals surface area contributed by atoms with Crippen molar-refractivity contribution >= 4 is 0 Å². The van der Waals surface area contributed by atoms with E-state index in [-0.39, 0.29) is 12.2 Å². The van der Waals surface area contributed by atoms with Gasteiger partial charge in [-0.05, 0) is 61.4 Å². The van der Waals surface area contributed by atoms with Gasteiger partial charge in [0.25, 0.3) is 0 Å². The number of piperidine rings is 1. The minimum atomic E-state index is -0.105. The topological polar surface area (TPSA) is 58.7 Å². The van der Waals surface area contributed by atoms with Crippen LogP contribution in [0.15, 0.2) is 42.5 Å². The maximum atomic E-state index is 10.6. The van der Waals surface area contributed by atoms with Crippen LogP contribution in [0, 0.1) is 12.8 Å². The second kappa shape index (κ2) is 8.86. The number of rotatable bonds is 5. The molecule has 0 radical (unpaired) electrons. The molecular weight excluding hydrogens is 360 g/mol. The molecule has 2 heterocycles. The van der Waals surface area contributed by atoms with Gasteiger partial charge >= 0.3 is 0 Å². The van der Waals surface area contributed by atoms with Crippen LogP contribution in [0.25, 0.3) is 0 Å². The fraction of sp³-hybridized carbons (Fsp3) is 0.520. The van der Waals surface area contributed by atoms with E-state index in [9.17, 15) is 5.11 Å². The monoisotopic (exact) mass is 394 g/mol. The number of hydrogen-bond donors (Lipinski definition) is 2. The van der Waals surface area contributed by atoms with Crippen LogP contribution in [0.2, 0.25) is 0 Å². The lowest BCUT2D eigenvalue weighted by Crippen LogP contribution is -2.43. The van der Waals surface area contributed by atoms with Crippen molar-refractivity contribution < 1.29 is 9.84 Å². The normalized spacial score (nSPS) is 24.2. The third-order valence-corrected chi connectivity index (χ3v) is 6.88. The number of likely N-dealkylation sites (tertiary alicyclic amines) is 1. The molecule has 0 spiro atoms. The Balaban J connectivity index is 1.38. The molecule has 4 nitrogen and oxygen atoms in total. The second-order valence-corrected chi connectivity index (χ2v) is 8.85. The van der Waals surface area contributed by atoms with E-state index in [2.05, 4.69) is 48.2 Å². The van der Waals surface area contributed by atoms with Crippen LogP contribution in [0.1, 0.15) is 54.0 Å². The Morgan fingerprint density at radius 1 is 1.14 bits per heavy atom. The molecule has 3 atom stereocenters. The Kier molecular flexibility index (Phi) is 6.23. The quantitative estimate of drug-likeness (QED) is 0.800. The number of nitrogens with two attached hydrogens (primary N) is 1. The average Bonchev–Trinajstić information content (AvgIpc) is 2.77. The van der Waals surface area contributed by atoms with E-state index in [1.54, 1.807) is 0 Å². The molecule has 2 aliphatic rings. The number of aryl methyl sites for hydroxylation is 1. The maximum Gasteiger partial charge on any atom is 0.122 e. The summed E-state index contributed by atoms with van der Waals surface area (Å²) in [6, 6.07) is 14.8. The summed E-state index contributed by atoms with van der Waals surface area (Å²) in [6.07, 6.45) is 3.13. The first-order valence-electron chi connectivity index (χ1n) is 11.0. The summed E-state index contributed by atoms with van der Waals surface area (Å²) in [4.78, 5) is 2.59. The molecule has 0 aliphatic carbocycles. The number of nitrogens with zero attached hydrogens (tertiary/aromatic N) is 1. The third kappa shape index (κ3) is 4.35. The molecule has 2 aliphatic heterocycles.